The second-order valence-corrected chi connectivity index (χ2v) is 6.44. The van der Waals surface area contributed by atoms with Gasteiger partial charge in [-0.1, -0.05) is 49.0 Å². The first-order chi connectivity index (χ1) is 11.7. The van der Waals surface area contributed by atoms with Crippen molar-refractivity contribution < 1.29 is 14.3 Å². The molecule has 0 unspecified atom stereocenters. The van der Waals surface area contributed by atoms with E-state index < -0.39 is 0 Å². The Labute approximate surface area is 147 Å². The lowest BCUT2D eigenvalue weighted by Crippen LogP contribution is -2.11. The van der Waals surface area contributed by atoms with Gasteiger partial charge in [0.2, 0.25) is 0 Å². The predicted octanol–water partition coefficient (Wildman–Crippen LogP) is 4.58. The highest BCUT2D eigenvalue weighted by Crippen LogP contribution is 2.23. The zero-order chi connectivity index (χ0) is 17.2. The van der Waals surface area contributed by atoms with Crippen LogP contribution >= 0.6 is 11.8 Å². The van der Waals surface area contributed by atoms with E-state index in [0.29, 0.717) is 18.8 Å². The molecular weight excluding hydrogens is 320 g/mol. The van der Waals surface area contributed by atoms with E-state index in [1.54, 1.807) is 18.7 Å². The van der Waals surface area contributed by atoms with Crippen molar-refractivity contribution in [3.8, 4) is 11.1 Å². The molecule has 0 aliphatic carbocycles. The molecule has 0 atom stereocenters. The van der Waals surface area contributed by atoms with Gasteiger partial charge in [0.15, 0.2) is 0 Å². The molecule has 0 heterocycles. The summed E-state index contributed by atoms with van der Waals surface area (Å²) in [4.78, 5) is 12.4. The largest absolute Gasteiger partial charge is 0.460 e. The third-order valence-electron chi connectivity index (χ3n) is 3.27. The molecule has 0 N–H and O–H groups in total. The van der Waals surface area contributed by atoms with Crippen molar-refractivity contribution in [2.75, 3.05) is 25.6 Å². The van der Waals surface area contributed by atoms with Crippen LogP contribution in [0.3, 0.4) is 0 Å². The summed E-state index contributed by atoms with van der Waals surface area (Å²) in [5.74, 6) is 0.491. The summed E-state index contributed by atoms with van der Waals surface area (Å²) in [6.07, 6.45) is 0. The molecule has 0 saturated heterocycles. The molecule has 0 amide bonds. The van der Waals surface area contributed by atoms with Crippen molar-refractivity contribution in [1.29, 1.82) is 0 Å². The second kappa shape index (κ2) is 9.96. The van der Waals surface area contributed by atoms with Crippen molar-refractivity contribution in [3.63, 3.8) is 0 Å². The van der Waals surface area contributed by atoms with Gasteiger partial charge in [-0.3, -0.25) is 0 Å². The number of esters is 1. The van der Waals surface area contributed by atoms with Crippen LogP contribution in [0.25, 0.3) is 11.1 Å². The average molecular weight is 342 g/mol. The second-order valence-electron chi connectivity index (χ2n) is 5.27. The summed E-state index contributed by atoms with van der Waals surface area (Å²) in [5, 5.41) is 0. The molecule has 0 aromatic heterocycles. The normalized spacial score (nSPS) is 10.4. The molecule has 0 aliphatic heterocycles. The van der Waals surface area contributed by atoms with Crippen LogP contribution in [0.2, 0.25) is 0 Å². The van der Waals surface area contributed by atoms with Crippen LogP contribution < -0.4 is 0 Å². The zero-order valence-electron chi connectivity index (χ0n) is 13.9. The minimum Gasteiger partial charge on any atom is -0.460 e. The van der Waals surface area contributed by atoms with Gasteiger partial charge in [-0.2, -0.15) is 0 Å². The SMILES string of the molecule is C=C(C)C(=O)OCCOCCSc1ccc(-c2ccccc2)cc1. The number of thioether (sulfide) groups is 1. The van der Waals surface area contributed by atoms with Gasteiger partial charge < -0.3 is 9.47 Å². The maximum atomic E-state index is 11.2. The van der Waals surface area contributed by atoms with E-state index in [4.69, 9.17) is 9.47 Å². The number of hydrogen-bond donors (Lipinski definition) is 0. The molecule has 24 heavy (non-hydrogen) atoms. The van der Waals surface area contributed by atoms with Crippen molar-refractivity contribution >= 4 is 17.7 Å². The van der Waals surface area contributed by atoms with Crippen molar-refractivity contribution in [2.45, 2.75) is 11.8 Å². The summed E-state index contributed by atoms with van der Waals surface area (Å²) in [5.41, 5.74) is 2.85. The summed E-state index contributed by atoms with van der Waals surface area (Å²) >= 11 is 1.75. The molecule has 4 heteroatoms. The molecular formula is C20H22O3S. The Hall–Kier alpha value is -2.04. The molecule has 0 radical (unpaired) electrons. The Bertz CT molecular complexity index is 650. The quantitative estimate of drug-likeness (QED) is 0.289. The third-order valence-corrected chi connectivity index (χ3v) is 4.24. The minimum atomic E-state index is -0.369. The van der Waals surface area contributed by atoms with E-state index in [1.807, 2.05) is 18.2 Å². The van der Waals surface area contributed by atoms with E-state index in [-0.39, 0.29) is 12.6 Å². The molecule has 3 nitrogen and oxygen atoms in total. The molecule has 0 spiro atoms. The van der Waals surface area contributed by atoms with E-state index in [1.165, 1.54) is 16.0 Å². The van der Waals surface area contributed by atoms with Gasteiger partial charge in [0.1, 0.15) is 6.61 Å². The number of carbonyl (C=O) groups excluding carboxylic acids is 1. The highest BCUT2D eigenvalue weighted by molar-refractivity contribution is 7.99. The maximum Gasteiger partial charge on any atom is 0.333 e. The highest BCUT2D eigenvalue weighted by Gasteiger charge is 2.02. The lowest BCUT2D eigenvalue weighted by molar-refractivity contribution is -0.140. The average Bonchev–Trinajstić information content (AvgIpc) is 2.62. The molecule has 0 saturated carbocycles. The Kier molecular flexibility index (Phi) is 7.59. The van der Waals surface area contributed by atoms with Gasteiger partial charge in [0.25, 0.3) is 0 Å². The number of benzene rings is 2. The predicted molar refractivity (Wildman–Crippen MR) is 99.2 cm³/mol. The van der Waals surface area contributed by atoms with Gasteiger partial charge in [0, 0.05) is 16.2 Å². The standard InChI is InChI=1S/C20H22O3S/c1-16(2)20(21)23-13-12-22-14-15-24-19-10-8-18(9-11-19)17-6-4-3-5-7-17/h3-11H,1,12-15H2,2H3. The minimum absolute atomic E-state index is 0.266. The van der Waals surface area contributed by atoms with Crippen LogP contribution in [0.15, 0.2) is 71.6 Å². The lowest BCUT2D eigenvalue weighted by Gasteiger charge is -2.07. The topological polar surface area (TPSA) is 35.5 Å². The summed E-state index contributed by atoms with van der Waals surface area (Å²) in [6, 6.07) is 18.8. The Morgan fingerprint density at radius 2 is 1.62 bits per heavy atom. The van der Waals surface area contributed by atoms with E-state index in [0.717, 1.165) is 5.75 Å². The van der Waals surface area contributed by atoms with Crippen LogP contribution in [-0.4, -0.2) is 31.5 Å². The van der Waals surface area contributed by atoms with E-state index in [2.05, 4.69) is 43.0 Å². The van der Waals surface area contributed by atoms with Crippen LogP contribution in [0.4, 0.5) is 0 Å². The first-order valence-corrected chi connectivity index (χ1v) is 8.84. The molecule has 2 aromatic carbocycles. The number of hydrogen-bond acceptors (Lipinski definition) is 4. The third kappa shape index (κ3) is 6.22. The van der Waals surface area contributed by atoms with E-state index in [9.17, 15) is 4.79 Å². The Morgan fingerprint density at radius 1 is 0.958 bits per heavy atom. The smallest absolute Gasteiger partial charge is 0.333 e. The van der Waals surface area contributed by atoms with Gasteiger partial charge in [-0.05, 0) is 30.2 Å². The van der Waals surface area contributed by atoms with Gasteiger partial charge in [-0.25, -0.2) is 4.79 Å². The van der Waals surface area contributed by atoms with Gasteiger partial charge in [-0.15, -0.1) is 11.8 Å². The summed E-state index contributed by atoms with van der Waals surface area (Å²) in [7, 11) is 0. The molecule has 126 valence electrons. The molecule has 0 aliphatic rings. The Morgan fingerprint density at radius 3 is 2.29 bits per heavy atom. The number of ether oxygens (including phenoxy) is 2. The molecule has 2 rings (SSSR count). The van der Waals surface area contributed by atoms with Gasteiger partial charge >= 0.3 is 5.97 Å². The fraction of sp³-hybridized carbons (Fsp3) is 0.250. The van der Waals surface area contributed by atoms with E-state index >= 15 is 0 Å². The lowest BCUT2D eigenvalue weighted by atomic mass is 10.1. The van der Waals surface area contributed by atoms with Crippen LogP contribution in [0.1, 0.15) is 6.92 Å². The maximum absolute atomic E-state index is 11.2. The Balaban J connectivity index is 1.63. The fourth-order valence-electron chi connectivity index (χ4n) is 2.01. The highest BCUT2D eigenvalue weighted by atomic mass is 32.2. The molecule has 0 fully saturated rings. The zero-order valence-corrected chi connectivity index (χ0v) is 14.7. The molecule has 0 bridgehead atoms. The van der Waals surface area contributed by atoms with Crippen LogP contribution in [0.5, 0.6) is 0 Å². The number of carbonyl (C=O) groups is 1. The summed E-state index contributed by atoms with van der Waals surface area (Å²) in [6.45, 7) is 6.45. The van der Waals surface area contributed by atoms with Crippen LogP contribution in [0, 0.1) is 0 Å². The van der Waals surface area contributed by atoms with Gasteiger partial charge in [0.05, 0.1) is 13.2 Å². The first-order valence-electron chi connectivity index (χ1n) is 7.85. The summed E-state index contributed by atoms with van der Waals surface area (Å²) < 4.78 is 10.4. The monoisotopic (exact) mass is 342 g/mol. The first kappa shape index (κ1) is 18.3. The van der Waals surface area contributed by atoms with Crippen molar-refractivity contribution in [3.05, 3.63) is 66.7 Å². The molecule has 2 aromatic rings. The van der Waals surface area contributed by atoms with Crippen LogP contribution in [-0.2, 0) is 14.3 Å². The van der Waals surface area contributed by atoms with Crippen molar-refractivity contribution in [1.82, 2.24) is 0 Å². The fourth-order valence-corrected chi connectivity index (χ4v) is 2.78. The number of rotatable bonds is 9. The van der Waals surface area contributed by atoms with Crippen molar-refractivity contribution in [2.24, 2.45) is 0 Å².